The van der Waals surface area contributed by atoms with E-state index >= 15 is 0 Å². The number of hydrogen-bond donors (Lipinski definition) is 1. The van der Waals surface area contributed by atoms with Crippen LogP contribution in [0, 0.1) is 6.92 Å². The lowest BCUT2D eigenvalue weighted by molar-refractivity contribution is -0.122. The number of benzene rings is 2. The number of anilines is 2. The van der Waals surface area contributed by atoms with E-state index < -0.39 is 17.8 Å². The molecule has 166 valence electrons. The van der Waals surface area contributed by atoms with Crippen molar-refractivity contribution in [2.75, 3.05) is 16.8 Å². The van der Waals surface area contributed by atoms with Crippen molar-refractivity contribution >= 4 is 51.2 Å². The van der Waals surface area contributed by atoms with Crippen LogP contribution in [0.3, 0.4) is 0 Å². The molecular weight excluding hydrogens is 470 g/mol. The second-order valence-electron chi connectivity index (χ2n) is 9.18. The van der Waals surface area contributed by atoms with Gasteiger partial charge in [0.15, 0.2) is 0 Å². The normalized spacial score (nSPS) is 21.6. The van der Waals surface area contributed by atoms with Crippen molar-refractivity contribution in [1.29, 1.82) is 0 Å². The van der Waals surface area contributed by atoms with Gasteiger partial charge in [0.1, 0.15) is 5.57 Å². The summed E-state index contributed by atoms with van der Waals surface area (Å²) in [5.41, 5.74) is 4.25. The van der Waals surface area contributed by atoms with Gasteiger partial charge in [-0.1, -0.05) is 28.9 Å². The number of imide groups is 2. The lowest BCUT2D eigenvalue weighted by atomic mass is 9.80. The van der Waals surface area contributed by atoms with Crippen LogP contribution in [0.25, 0.3) is 6.08 Å². The molecule has 0 aromatic heterocycles. The summed E-state index contributed by atoms with van der Waals surface area (Å²) in [5, 5.41) is 2.30. The van der Waals surface area contributed by atoms with Crippen LogP contribution in [0.1, 0.15) is 49.8 Å². The Kier molecular flexibility index (Phi) is 5.49. The molecule has 7 heteroatoms. The summed E-state index contributed by atoms with van der Waals surface area (Å²) in [6.45, 7) is 8.45. The summed E-state index contributed by atoms with van der Waals surface area (Å²) in [4.78, 5) is 41.6. The molecule has 0 aliphatic carbocycles. The number of hydrogen-bond acceptors (Lipinski definition) is 4. The van der Waals surface area contributed by atoms with Gasteiger partial charge in [0.25, 0.3) is 11.8 Å². The molecule has 0 radical (unpaired) electrons. The third kappa shape index (κ3) is 3.75. The maximum atomic E-state index is 13.2. The zero-order chi connectivity index (χ0) is 23.4. The number of aryl methyl sites for hydroxylation is 1. The largest absolute Gasteiger partial charge is 0.369 e. The minimum Gasteiger partial charge on any atom is -0.369 e. The number of carbonyl (C=O) groups is 3. The highest BCUT2D eigenvalue weighted by molar-refractivity contribution is 9.10. The molecule has 0 saturated carbocycles. The van der Waals surface area contributed by atoms with E-state index in [0.29, 0.717) is 11.6 Å². The van der Waals surface area contributed by atoms with Gasteiger partial charge < -0.3 is 4.90 Å². The van der Waals surface area contributed by atoms with Crippen LogP contribution in [-0.2, 0) is 9.59 Å². The maximum Gasteiger partial charge on any atom is 0.335 e. The number of halogens is 1. The van der Waals surface area contributed by atoms with Crippen LogP contribution < -0.4 is 15.1 Å². The quantitative estimate of drug-likeness (QED) is 0.462. The first kappa shape index (κ1) is 22.3. The Balaban J connectivity index is 1.74. The Morgan fingerprint density at radius 1 is 1.09 bits per heavy atom. The molecule has 2 aliphatic rings. The summed E-state index contributed by atoms with van der Waals surface area (Å²) < 4.78 is 0.840. The fourth-order valence-corrected chi connectivity index (χ4v) is 5.07. The number of nitrogens with one attached hydrogen (secondary N) is 1. The Bertz CT molecular complexity index is 1180. The van der Waals surface area contributed by atoms with E-state index in [2.05, 4.69) is 54.0 Å². The van der Waals surface area contributed by atoms with Gasteiger partial charge in [0, 0.05) is 22.7 Å². The number of nitrogens with zero attached hydrogens (tertiary/aromatic N) is 2. The number of barbiturate groups is 1. The monoisotopic (exact) mass is 495 g/mol. The molecule has 4 amide bonds. The minimum atomic E-state index is -0.745. The fraction of sp³-hybridized carbons (Fsp3) is 0.320. The van der Waals surface area contributed by atoms with Gasteiger partial charge in [0.2, 0.25) is 0 Å². The van der Waals surface area contributed by atoms with E-state index in [1.165, 1.54) is 5.56 Å². The van der Waals surface area contributed by atoms with Crippen molar-refractivity contribution in [3.05, 3.63) is 63.1 Å². The van der Waals surface area contributed by atoms with Gasteiger partial charge >= 0.3 is 6.03 Å². The molecule has 1 N–H and O–H groups in total. The maximum absolute atomic E-state index is 13.2. The molecule has 1 atom stereocenters. The third-order valence-corrected chi connectivity index (χ3v) is 6.96. The first-order chi connectivity index (χ1) is 15.0. The van der Waals surface area contributed by atoms with Crippen molar-refractivity contribution in [3.8, 4) is 0 Å². The van der Waals surface area contributed by atoms with E-state index in [9.17, 15) is 14.4 Å². The van der Waals surface area contributed by atoms with Crippen LogP contribution in [0.15, 0.2) is 46.4 Å². The molecule has 2 aromatic carbocycles. The average Bonchev–Trinajstić information content (AvgIpc) is 2.70. The molecule has 0 spiro atoms. The van der Waals surface area contributed by atoms with Crippen molar-refractivity contribution in [3.63, 3.8) is 0 Å². The van der Waals surface area contributed by atoms with E-state index in [4.69, 9.17) is 0 Å². The number of fused-ring (bicyclic) bond motifs is 1. The standard InChI is InChI=1S/C25H26BrN3O3/c1-14-10-17(26)7-9-20(14)29-23(31)19(22(30)27-24(29)32)12-16-6-8-21-18(11-16)15(2)13-25(3,4)28(21)5/h6-12,15H,13H2,1-5H3,(H,27,30,32)/b19-12+. The first-order valence-electron chi connectivity index (χ1n) is 10.5. The summed E-state index contributed by atoms with van der Waals surface area (Å²) in [7, 11) is 2.09. The van der Waals surface area contributed by atoms with Crippen LogP contribution >= 0.6 is 15.9 Å². The predicted molar refractivity (Wildman–Crippen MR) is 130 cm³/mol. The van der Waals surface area contributed by atoms with Crippen molar-refractivity contribution in [2.45, 2.75) is 45.6 Å². The summed E-state index contributed by atoms with van der Waals surface area (Å²) in [6, 6.07) is 10.5. The molecule has 1 unspecified atom stereocenters. The Morgan fingerprint density at radius 3 is 2.47 bits per heavy atom. The highest BCUT2D eigenvalue weighted by Crippen LogP contribution is 2.42. The molecule has 2 heterocycles. The lowest BCUT2D eigenvalue weighted by Gasteiger charge is -2.45. The lowest BCUT2D eigenvalue weighted by Crippen LogP contribution is -2.54. The molecule has 2 aromatic rings. The van der Waals surface area contributed by atoms with E-state index in [1.54, 1.807) is 18.2 Å². The summed E-state index contributed by atoms with van der Waals surface area (Å²) >= 11 is 3.39. The van der Waals surface area contributed by atoms with Crippen molar-refractivity contribution in [2.24, 2.45) is 0 Å². The summed E-state index contributed by atoms with van der Waals surface area (Å²) in [6.07, 6.45) is 2.57. The summed E-state index contributed by atoms with van der Waals surface area (Å²) in [5.74, 6) is -0.975. The van der Waals surface area contributed by atoms with Crippen molar-refractivity contribution < 1.29 is 14.4 Å². The second-order valence-corrected chi connectivity index (χ2v) is 10.1. The van der Waals surface area contributed by atoms with Gasteiger partial charge in [-0.05, 0) is 86.2 Å². The minimum absolute atomic E-state index is 0.0506. The zero-order valence-corrected chi connectivity index (χ0v) is 20.4. The molecule has 4 rings (SSSR count). The fourth-order valence-electron chi connectivity index (χ4n) is 4.60. The van der Waals surface area contributed by atoms with E-state index in [0.717, 1.165) is 32.6 Å². The molecule has 2 aliphatic heterocycles. The van der Waals surface area contributed by atoms with Gasteiger partial charge in [-0.15, -0.1) is 0 Å². The predicted octanol–water partition coefficient (Wildman–Crippen LogP) is 5.15. The molecule has 1 fully saturated rings. The third-order valence-electron chi connectivity index (χ3n) is 6.47. The van der Waals surface area contributed by atoms with Gasteiger partial charge in [-0.3, -0.25) is 14.9 Å². The molecule has 32 heavy (non-hydrogen) atoms. The second kappa shape index (κ2) is 7.89. The molecule has 6 nitrogen and oxygen atoms in total. The number of carbonyl (C=O) groups excluding carboxylic acids is 3. The van der Waals surface area contributed by atoms with Crippen molar-refractivity contribution in [1.82, 2.24) is 5.32 Å². The highest BCUT2D eigenvalue weighted by Gasteiger charge is 2.38. The molecule has 1 saturated heterocycles. The number of amides is 4. The van der Waals surface area contributed by atoms with E-state index in [-0.39, 0.29) is 11.1 Å². The molecule has 0 bridgehead atoms. The van der Waals surface area contributed by atoms with Crippen LogP contribution in [0.5, 0.6) is 0 Å². The first-order valence-corrected chi connectivity index (χ1v) is 11.3. The number of rotatable bonds is 2. The van der Waals surface area contributed by atoms with Crippen LogP contribution in [0.4, 0.5) is 16.2 Å². The van der Waals surface area contributed by atoms with Gasteiger partial charge in [0.05, 0.1) is 5.69 Å². The highest BCUT2D eigenvalue weighted by atomic mass is 79.9. The topological polar surface area (TPSA) is 69.7 Å². The Morgan fingerprint density at radius 2 is 1.78 bits per heavy atom. The van der Waals surface area contributed by atoms with Crippen LogP contribution in [0.2, 0.25) is 0 Å². The Labute approximate surface area is 196 Å². The smallest absolute Gasteiger partial charge is 0.335 e. The molecular formula is C25H26BrN3O3. The average molecular weight is 496 g/mol. The zero-order valence-electron chi connectivity index (χ0n) is 18.8. The van der Waals surface area contributed by atoms with Gasteiger partial charge in [-0.25, -0.2) is 9.69 Å². The SMILES string of the molecule is Cc1cc(Br)ccc1N1C(=O)NC(=O)/C(=C\c2ccc3c(c2)C(C)CC(C)(C)N3C)C1=O. The van der Waals surface area contributed by atoms with Gasteiger partial charge in [-0.2, -0.15) is 0 Å². The van der Waals surface area contributed by atoms with Crippen LogP contribution in [-0.4, -0.2) is 30.4 Å². The number of urea groups is 1. The van der Waals surface area contributed by atoms with E-state index in [1.807, 2.05) is 31.2 Å². The Hall–Kier alpha value is -2.93.